The number of piperidine rings is 1. The van der Waals surface area contributed by atoms with Crippen LogP contribution >= 0.6 is 0 Å². The van der Waals surface area contributed by atoms with Crippen molar-refractivity contribution in [1.29, 1.82) is 0 Å². The van der Waals surface area contributed by atoms with Crippen molar-refractivity contribution < 1.29 is 0 Å². The number of fused-ring (bicyclic) bond motifs is 2. The van der Waals surface area contributed by atoms with Gasteiger partial charge in [0.25, 0.3) is 5.56 Å². The van der Waals surface area contributed by atoms with Crippen molar-refractivity contribution in [2.75, 3.05) is 29.9 Å². The largest absolute Gasteiger partial charge is 0.346 e. The van der Waals surface area contributed by atoms with Crippen LogP contribution in [0.5, 0.6) is 0 Å². The number of imidazole rings is 1. The minimum absolute atomic E-state index is 0.102. The summed E-state index contributed by atoms with van der Waals surface area (Å²) in [6, 6.07) is 8.27. The zero-order valence-electron chi connectivity index (χ0n) is 23.0. The highest BCUT2D eigenvalue weighted by atomic mass is 16.1. The highest BCUT2D eigenvalue weighted by molar-refractivity contribution is 6.07. The summed E-state index contributed by atoms with van der Waals surface area (Å²) in [4.78, 5) is 28.6. The molecular weight excluding hydrogens is 488 g/mol. The minimum atomic E-state index is -0.157. The molecule has 4 heterocycles. The maximum Gasteiger partial charge on any atom is 0.293 e. The van der Waals surface area contributed by atoms with E-state index in [4.69, 9.17) is 20.8 Å². The van der Waals surface area contributed by atoms with Crippen molar-refractivity contribution in [2.24, 2.45) is 10.7 Å². The molecule has 6 rings (SSSR count). The van der Waals surface area contributed by atoms with Gasteiger partial charge in [0.2, 0.25) is 5.95 Å². The van der Waals surface area contributed by atoms with Crippen LogP contribution in [0, 0.1) is 6.92 Å². The average molecular weight is 525 g/mol. The third-order valence-electron chi connectivity index (χ3n) is 7.92. The normalized spacial score (nSPS) is 19.5. The van der Waals surface area contributed by atoms with Crippen LogP contribution in [-0.2, 0) is 13.1 Å². The monoisotopic (exact) mass is 524 g/mol. The standard InChI is InChI=1S/C30H36N8O/c1-4-5-17-37-28-27(33-30(37)36-16-10-11-21(31)18-36)20(2)34-38(29(28)39)19-24-22-12-6-8-14-25(22)35(3)26-15-9-7-13-23(26)32-24/h4-7,9,12-13,15,21H,8,10-11,14,16-19,31H2,1-3H3/b5-4+. The van der Waals surface area contributed by atoms with E-state index in [1.807, 2.05) is 42.7 Å². The van der Waals surface area contributed by atoms with Crippen LogP contribution in [-0.4, -0.2) is 51.2 Å². The number of allylic oxidation sites excluding steroid dienone is 6. The van der Waals surface area contributed by atoms with Crippen LogP contribution in [0.1, 0.15) is 38.3 Å². The van der Waals surface area contributed by atoms with Crippen LogP contribution in [0.25, 0.3) is 11.0 Å². The maximum absolute atomic E-state index is 14.1. The van der Waals surface area contributed by atoms with E-state index in [9.17, 15) is 4.79 Å². The number of benzene rings is 1. The van der Waals surface area contributed by atoms with Gasteiger partial charge in [-0.15, -0.1) is 0 Å². The average Bonchev–Trinajstić information content (AvgIpc) is 3.29. The molecule has 1 fully saturated rings. The van der Waals surface area contributed by atoms with Crippen molar-refractivity contribution in [3.05, 3.63) is 75.9 Å². The number of anilines is 2. The molecule has 1 aromatic carbocycles. The highest BCUT2D eigenvalue weighted by Crippen LogP contribution is 2.37. The fourth-order valence-electron chi connectivity index (χ4n) is 5.95. The lowest BCUT2D eigenvalue weighted by molar-refractivity contribution is 0.495. The third kappa shape index (κ3) is 4.50. The number of nitrogens with two attached hydrogens (primary N) is 1. The quantitative estimate of drug-likeness (QED) is 0.502. The summed E-state index contributed by atoms with van der Waals surface area (Å²) in [5, 5.41) is 4.76. The van der Waals surface area contributed by atoms with E-state index in [0.717, 1.165) is 73.1 Å². The van der Waals surface area contributed by atoms with E-state index in [2.05, 4.69) is 41.1 Å². The van der Waals surface area contributed by atoms with Crippen molar-refractivity contribution in [1.82, 2.24) is 19.3 Å². The van der Waals surface area contributed by atoms with E-state index in [-0.39, 0.29) is 18.1 Å². The van der Waals surface area contributed by atoms with Gasteiger partial charge in [0.15, 0.2) is 0 Å². The molecule has 202 valence electrons. The lowest BCUT2D eigenvalue weighted by Crippen LogP contribution is -2.44. The second-order valence-corrected chi connectivity index (χ2v) is 10.6. The first kappa shape index (κ1) is 25.3. The molecule has 9 nitrogen and oxygen atoms in total. The van der Waals surface area contributed by atoms with Gasteiger partial charge in [-0.25, -0.2) is 14.7 Å². The number of rotatable bonds is 5. The first-order chi connectivity index (χ1) is 19.0. The molecule has 3 aliphatic rings. The predicted molar refractivity (Wildman–Crippen MR) is 158 cm³/mol. The van der Waals surface area contributed by atoms with Crippen LogP contribution < -0.4 is 21.1 Å². The van der Waals surface area contributed by atoms with E-state index < -0.39 is 0 Å². The predicted octanol–water partition coefficient (Wildman–Crippen LogP) is 4.23. The van der Waals surface area contributed by atoms with Crippen LogP contribution in [0.3, 0.4) is 0 Å². The number of hydrogen-bond donors (Lipinski definition) is 1. The highest BCUT2D eigenvalue weighted by Gasteiger charge is 2.27. The van der Waals surface area contributed by atoms with Crippen molar-refractivity contribution in [3.63, 3.8) is 0 Å². The van der Waals surface area contributed by atoms with Gasteiger partial charge in [-0.1, -0.05) is 36.4 Å². The van der Waals surface area contributed by atoms with Gasteiger partial charge in [0, 0.05) is 44.0 Å². The Labute approximate surface area is 228 Å². The molecule has 2 N–H and O–H groups in total. The Hall–Kier alpha value is -3.98. The second kappa shape index (κ2) is 10.3. The van der Waals surface area contributed by atoms with Gasteiger partial charge in [-0.3, -0.25) is 4.79 Å². The Bertz CT molecular complexity index is 1600. The van der Waals surface area contributed by atoms with Crippen molar-refractivity contribution in [3.8, 4) is 0 Å². The number of hydrogen-bond acceptors (Lipinski definition) is 7. The zero-order valence-corrected chi connectivity index (χ0v) is 23.0. The molecule has 3 aromatic rings. The van der Waals surface area contributed by atoms with Crippen molar-refractivity contribution in [2.45, 2.75) is 58.7 Å². The summed E-state index contributed by atoms with van der Waals surface area (Å²) in [6.07, 6.45) is 12.3. The lowest BCUT2D eigenvalue weighted by atomic mass is 9.98. The topological polar surface area (TPSA) is 97.6 Å². The van der Waals surface area contributed by atoms with Crippen molar-refractivity contribution >= 4 is 34.1 Å². The first-order valence-electron chi connectivity index (χ1n) is 13.9. The van der Waals surface area contributed by atoms with Crippen LogP contribution in [0.4, 0.5) is 17.3 Å². The fraction of sp³-hybridized carbons (Fsp3) is 0.400. The van der Waals surface area contributed by atoms with E-state index in [0.29, 0.717) is 17.6 Å². The Morgan fingerprint density at radius 2 is 2.08 bits per heavy atom. The fourth-order valence-corrected chi connectivity index (χ4v) is 5.95. The molecule has 0 bridgehead atoms. The van der Waals surface area contributed by atoms with Crippen LogP contribution in [0.15, 0.2) is 69.6 Å². The summed E-state index contributed by atoms with van der Waals surface area (Å²) < 4.78 is 3.60. The molecule has 1 aliphatic carbocycles. The lowest BCUT2D eigenvalue weighted by Gasteiger charge is -2.31. The molecule has 9 heteroatoms. The molecule has 0 radical (unpaired) electrons. The first-order valence-corrected chi connectivity index (χ1v) is 13.9. The summed E-state index contributed by atoms with van der Waals surface area (Å²) >= 11 is 0. The van der Waals surface area contributed by atoms with E-state index >= 15 is 0 Å². The number of aromatic nitrogens is 4. The molecule has 2 aliphatic heterocycles. The minimum Gasteiger partial charge on any atom is -0.346 e. The molecule has 2 aromatic heterocycles. The van der Waals surface area contributed by atoms with Gasteiger partial charge >= 0.3 is 0 Å². The zero-order chi connectivity index (χ0) is 27.1. The number of nitrogens with zero attached hydrogens (tertiary/aromatic N) is 7. The van der Waals surface area contributed by atoms with E-state index in [1.54, 1.807) is 4.68 Å². The Morgan fingerprint density at radius 3 is 2.90 bits per heavy atom. The number of aliphatic imine (C=N–C) groups is 1. The molecule has 0 spiro atoms. The second-order valence-electron chi connectivity index (χ2n) is 10.6. The third-order valence-corrected chi connectivity index (χ3v) is 7.92. The number of para-hydroxylation sites is 2. The molecule has 1 atom stereocenters. The number of aryl methyl sites for hydroxylation is 1. The van der Waals surface area contributed by atoms with Gasteiger partial charge in [0.1, 0.15) is 11.0 Å². The summed E-state index contributed by atoms with van der Waals surface area (Å²) in [5.74, 6) is 0.792. The molecular formula is C30H36N8O. The molecule has 1 unspecified atom stereocenters. The van der Waals surface area contributed by atoms with Gasteiger partial charge < -0.3 is 20.1 Å². The molecule has 0 amide bonds. The Morgan fingerprint density at radius 1 is 1.23 bits per heavy atom. The van der Waals surface area contributed by atoms with Gasteiger partial charge in [-0.2, -0.15) is 5.10 Å². The maximum atomic E-state index is 14.1. The Kier molecular flexibility index (Phi) is 6.68. The molecule has 0 saturated carbocycles. The summed E-state index contributed by atoms with van der Waals surface area (Å²) in [5.41, 5.74) is 13.2. The van der Waals surface area contributed by atoms with Gasteiger partial charge in [0.05, 0.1) is 29.3 Å². The summed E-state index contributed by atoms with van der Waals surface area (Å²) in [6.45, 7) is 6.36. The van der Waals surface area contributed by atoms with E-state index in [1.165, 1.54) is 5.70 Å². The smallest absolute Gasteiger partial charge is 0.293 e. The molecule has 39 heavy (non-hydrogen) atoms. The molecule has 1 saturated heterocycles. The summed E-state index contributed by atoms with van der Waals surface area (Å²) in [7, 11) is 2.10. The van der Waals surface area contributed by atoms with Gasteiger partial charge in [-0.05, 0) is 51.7 Å². The Balaban J connectivity index is 1.49. The van der Waals surface area contributed by atoms with Crippen LogP contribution in [0.2, 0.25) is 0 Å². The SMILES string of the molecule is C/C=C/Cn1c(N2CCCC(N)C2)nc2c(C)nn(CC3=Nc4ccccc4N(C)C4=C3C=CCC4)c(=O)c21.